The molecule has 1 fully saturated rings. The Bertz CT molecular complexity index is 113. The van der Waals surface area contributed by atoms with Crippen LogP contribution < -0.4 is 51.4 Å². The first-order chi connectivity index (χ1) is 4.61. The van der Waals surface area contributed by atoms with Gasteiger partial charge in [0.1, 0.15) is 0 Å². The molecule has 1 saturated heterocycles. The Labute approximate surface area is 107 Å². The third kappa shape index (κ3) is 4.28. The summed E-state index contributed by atoms with van der Waals surface area (Å²) in [5, 5.41) is 0. The quantitative estimate of drug-likeness (QED) is 0.485. The number of ether oxygens (including phenoxy) is 1. The fourth-order valence-electron chi connectivity index (χ4n) is 1.09. The molecular weight excluding hydrogens is 183 g/mol. The topological polar surface area (TPSA) is 9.23 Å². The van der Waals surface area contributed by atoms with Gasteiger partial charge in [-0.3, -0.25) is 0 Å². The number of hydrogen-bond acceptors (Lipinski definition) is 1. The van der Waals surface area contributed by atoms with Crippen molar-refractivity contribution in [2.45, 2.75) is 18.7 Å². The molecule has 0 aromatic carbocycles. The van der Waals surface area contributed by atoms with Crippen molar-refractivity contribution in [3.63, 3.8) is 0 Å². The van der Waals surface area contributed by atoms with E-state index in [0.717, 1.165) is 0 Å². The van der Waals surface area contributed by atoms with Gasteiger partial charge in [0.15, 0.2) is 0 Å². The summed E-state index contributed by atoms with van der Waals surface area (Å²) in [6, 6.07) is 0. The van der Waals surface area contributed by atoms with Crippen LogP contribution in [-0.4, -0.2) is 20.2 Å². The molecule has 1 aliphatic heterocycles. The van der Waals surface area contributed by atoms with Crippen LogP contribution in [0.1, 0.15) is 12.8 Å². The van der Waals surface area contributed by atoms with E-state index in [1.807, 2.05) is 0 Å². The molecular formula is C5H9BF3KO. The molecule has 0 N–H and O–H groups in total. The van der Waals surface area contributed by atoms with Gasteiger partial charge in [-0.25, -0.2) is 0 Å². The molecule has 0 atom stereocenters. The van der Waals surface area contributed by atoms with E-state index >= 15 is 0 Å². The molecule has 1 heterocycles. The van der Waals surface area contributed by atoms with E-state index < -0.39 is 12.8 Å². The Kier molecular flexibility index (Phi) is 5.93. The Balaban J connectivity index is 0.000001000. The third-order valence-electron chi connectivity index (χ3n) is 1.80. The minimum absolute atomic E-state index is 0. The minimum Gasteiger partial charge on any atom is -0.449 e. The predicted octanol–water partition coefficient (Wildman–Crippen LogP) is -0.982. The molecule has 0 saturated carbocycles. The van der Waals surface area contributed by atoms with E-state index in [9.17, 15) is 12.9 Å². The van der Waals surface area contributed by atoms with Crippen molar-refractivity contribution < 1.29 is 69.1 Å². The normalized spacial score (nSPS) is 21.0. The van der Waals surface area contributed by atoms with Crippen LogP contribution in [0.3, 0.4) is 0 Å². The molecule has 0 aromatic heterocycles. The molecule has 0 aliphatic carbocycles. The van der Waals surface area contributed by atoms with Crippen LogP contribution in [0.4, 0.5) is 12.9 Å². The van der Waals surface area contributed by atoms with Crippen LogP contribution in [-0.2, 0) is 4.74 Å². The standard InChI is InChI=1S/C5H9BF3O.K/c7-6(8,9)5-1-3-10-4-2-5;/h5H,1-4H2;/q-1;+1. The van der Waals surface area contributed by atoms with Gasteiger partial charge in [-0.1, -0.05) is 18.7 Å². The zero-order chi connectivity index (χ0) is 7.61. The van der Waals surface area contributed by atoms with E-state index in [4.69, 9.17) is 4.74 Å². The summed E-state index contributed by atoms with van der Waals surface area (Å²) < 4.78 is 40.6. The van der Waals surface area contributed by atoms with Gasteiger partial charge in [0.25, 0.3) is 0 Å². The molecule has 1 rings (SSSR count). The molecule has 6 heteroatoms. The van der Waals surface area contributed by atoms with E-state index in [-0.39, 0.29) is 77.4 Å². The third-order valence-corrected chi connectivity index (χ3v) is 1.80. The summed E-state index contributed by atoms with van der Waals surface area (Å²) in [4.78, 5) is 0. The second-order valence-corrected chi connectivity index (χ2v) is 2.58. The zero-order valence-corrected chi connectivity index (χ0v) is 9.65. The van der Waals surface area contributed by atoms with Crippen molar-refractivity contribution in [2.75, 3.05) is 13.2 Å². The van der Waals surface area contributed by atoms with Gasteiger partial charge < -0.3 is 17.7 Å². The van der Waals surface area contributed by atoms with E-state index in [0.29, 0.717) is 0 Å². The Morgan fingerprint density at radius 2 is 1.55 bits per heavy atom. The summed E-state index contributed by atoms with van der Waals surface area (Å²) in [7, 11) is 0. The van der Waals surface area contributed by atoms with Crippen molar-refractivity contribution in [3.05, 3.63) is 0 Å². The molecule has 60 valence electrons. The van der Waals surface area contributed by atoms with Crippen molar-refractivity contribution in [1.82, 2.24) is 0 Å². The molecule has 1 aliphatic rings. The second kappa shape index (κ2) is 5.24. The number of halogens is 3. The van der Waals surface area contributed by atoms with Gasteiger partial charge in [0, 0.05) is 13.2 Å². The Morgan fingerprint density at radius 1 is 1.09 bits per heavy atom. The fourth-order valence-corrected chi connectivity index (χ4v) is 1.09. The number of hydrogen-bond donors (Lipinski definition) is 0. The maximum absolute atomic E-state index is 11.9. The van der Waals surface area contributed by atoms with E-state index in [1.54, 1.807) is 0 Å². The van der Waals surface area contributed by atoms with Crippen LogP contribution in [0.5, 0.6) is 0 Å². The SMILES string of the molecule is F[B-](F)(F)C1CCOCC1.[K+]. The van der Waals surface area contributed by atoms with Crippen molar-refractivity contribution in [3.8, 4) is 0 Å². The van der Waals surface area contributed by atoms with Gasteiger partial charge in [-0.2, -0.15) is 0 Å². The summed E-state index contributed by atoms with van der Waals surface area (Å²) in [5.74, 6) is -1.06. The first kappa shape index (κ1) is 12.5. The largest absolute Gasteiger partial charge is 1.00 e. The van der Waals surface area contributed by atoms with Gasteiger partial charge in [0.2, 0.25) is 0 Å². The van der Waals surface area contributed by atoms with Gasteiger partial charge in [0.05, 0.1) is 0 Å². The van der Waals surface area contributed by atoms with Crippen molar-refractivity contribution in [2.24, 2.45) is 0 Å². The maximum atomic E-state index is 11.9. The number of rotatable bonds is 1. The van der Waals surface area contributed by atoms with Crippen LogP contribution in [0.2, 0.25) is 5.82 Å². The first-order valence-electron chi connectivity index (χ1n) is 3.38. The summed E-state index contributed by atoms with van der Waals surface area (Å²) in [6.07, 6.45) is 0.312. The molecule has 0 aromatic rings. The molecule has 0 radical (unpaired) electrons. The molecule has 0 spiro atoms. The Morgan fingerprint density at radius 3 is 1.82 bits per heavy atom. The maximum Gasteiger partial charge on any atom is 1.00 e. The molecule has 0 bridgehead atoms. The summed E-state index contributed by atoms with van der Waals surface area (Å²) in [5.41, 5.74) is 0. The van der Waals surface area contributed by atoms with Gasteiger partial charge in [-0.05, 0) is 0 Å². The molecule has 11 heavy (non-hydrogen) atoms. The molecule has 0 amide bonds. The monoisotopic (exact) mass is 192 g/mol. The zero-order valence-electron chi connectivity index (χ0n) is 6.53. The van der Waals surface area contributed by atoms with Gasteiger partial charge >= 0.3 is 58.4 Å². The predicted molar refractivity (Wildman–Crippen MR) is 32.9 cm³/mol. The van der Waals surface area contributed by atoms with Crippen molar-refractivity contribution in [1.29, 1.82) is 0 Å². The first-order valence-corrected chi connectivity index (χ1v) is 3.38. The van der Waals surface area contributed by atoms with Crippen LogP contribution in [0, 0.1) is 0 Å². The van der Waals surface area contributed by atoms with Crippen LogP contribution in [0.15, 0.2) is 0 Å². The molecule has 1 nitrogen and oxygen atoms in total. The van der Waals surface area contributed by atoms with E-state index in [1.165, 1.54) is 0 Å². The summed E-state index contributed by atoms with van der Waals surface area (Å²) >= 11 is 0. The van der Waals surface area contributed by atoms with E-state index in [2.05, 4.69) is 0 Å². The molecule has 0 unspecified atom stereocenters. The van der Waals surface area contributed by atoms with Crippen molar-refractivity contribution >= 4 is 6.98 Å². The average Bonchev–Trinajstić information content (AvgIpc) is 1.88. The van der Waals surface area contributed by atoms with Crippen LogP contribution in [0.25, 0.3) is 0 Å². The fraction of sp³-hybridized carbons (Fsp3) is 1.00. The smallest absolute Gasteiger partial charge is 0.449 e. The van der Waals surface area contributed by atoms with Crippen LogP contribution >= 0.6 is 0 Å². The second-order valence-electron chi connectivity index (χ2n) is 2.58. The summed E-state index contributed by atoms with van der Waals surface area (Å²) in [6.45, 7) is -4.07. The Hall–Kier alpha value is 1.45. The van der Waals surface area contributed by atoms with Gasteiger partial charge in [-0.15, -0.1) is 0 Å². The minimum atomic E-state index is -4.61. The average molecular weight is 192 g/mol.